The van der Waals surface area contributed by atoms with E-state index in [1.54, 1.807) is 42.5 Å². The minimum absolute atomic E-state index is 0.0916. The van der Waals surface area contributed by atoms with E-state index in [0.717, 1.165) is 10.0 Å². The molecule has 3 aromatic rings. The third kappa shape index (κ3) is 5.53. The molecule has 0 atom stereocenters. The number of nitrogens with one attached hydrogen (secondary N) is 2. The van der Waals surface area contributed by atoms with Crippen molar-refractivity contribution in [3.63, 3.8) is 0 Å². The van der Waals surface area contributed by atoms with Gasteiger partial charge in [-0.25, -0.2) is 4.98 Å². The van der Waals surface area contributed by atoms with E-state index in [-0.39, 0.29) is 10.7 Å². The molecule has 0 unspecified atom stereocenters. The molecule has 0 saturated heterocycles. The highest BCUT2D eigenvalue weighted by molar-refractivity contribution is 9.10. The molecule has 0 radical (unpaired) electrons. The van der Waals surface area contributed by atoms with Crippen molar-refractivity contribution in [3.05, 3.63) is 93.2 Å². The average Bonchev–Trinajstić information content (AvgIpc) is 2.70. The monoisotopic (exact) mass is 469 g/mol. The molecule has 0 aliphatic rings. The van der Waals surface area contributed by atoms with Crippen LogP contribution in [0.3, 0.4) is 0 Å². The fourth-order valence-electron chi connectivity index (χ4n) is 2.57. The van der Waals surface area contributed by atoms with Crippen LogP contribution in [0, 0.1) is 6.92 Å². The zero-order valence-electron chi connectivity index (χ0n) is 15.4. The Balaban J connectivity index is 1.94. The lowest BCUT2D eigenvalue weighted by atomic mass is 10.1. The molecule has 0 aliphatic carbocycles. The van der Waals surface area contributed by atoms with Crippen LogP contribution >= 0.6 is 27.5 Å². The highest BCUT2D eigenvalue weighted by Gasteiger charge is 2.20. The number of rotatable bonds is 5. The molecule has 0 bridgehead atoms. The van der Waals surface area contributed by atoms with E-state index < -0.39 is 11.8 Å². The van der Waals surface area contributed by atoms with Gasteiger partial charge in [0.1, 0.15) is 10.7 Å². The number of para-hydroxylation sites is 1. The summed E-state index contributed by atoms with van der Waals surface area (Å²) in [5.74, 6) is -1.10. The number of hydrogen-bond donors (Lipinski definition) is 2. The molecule has 0 fully saturated rings. The van der Waals surface area contributed by atoms with Crippen LogP contribution < -0.4 is 10.6 Å². The molecule has 2 aromatic carbocycles. The van der Waals surface area contributed by atoms with Crippen LogP contribution in [0.1, 0.15) is 11.1 Å². The van der Waals surface area contributed by atoms with Gasteiger partial charge in [0, 0.05) is 27.6 Å². The van der Waals surface area contributed by atoms with E-state index in [1.165, 1.54) is 12.3 Å². The summed E-state index contributed by atoms with van der Waals surface area (Å²) in [6.45, 7) is 1.87. The van der Waals surface area contributed by atoms with Crippen molar-refractivity contribution in [3.8, 4) is 0 Å². The third-order valence-electron chi connectivity index (χ3n) is 4.05. The van der Waals surface area contributed by atoms with Gasteiger partial charge in [-0.3, -0.25) is 9.59 Å². The Kier molecular flexibility index (Phi) is 6.80. The Morgan fingerprint density at radius 3 is 2.41 bits per heavy atom. The number of aromatic nitrogens is 1. The predicted molar refractivity (Wildman–Crippen MR) is 120 cm³/mol. The van der Waals surface area contributed by atoms with E-state index in [1.807, 2.05) is 25.1 Å². The summed E-state index contributed by atoms with van der Waals surface area (Å²) in [6, 6.07) is 17.7. The Bertz CT molecular complexity index is 1080. The SMILES string of the molecule is Cc1cc(Br)ccc1NC(=O)/C(=C/c1cccnc1Cl)C(=O)Nc1ccccc1. The van der Waals surface area contributed by atoms with Gasteiger partial charge in [0.05, 0.1) is 0 Å². The summed E-state index contributed by atoms with van der Waals surface area (Å²) in [6.07, 6.45) is 2.96. The van der Waals surface area contributed by atoms with Gasteiger partial charge >= 0.3 is 0 Å². The van der Waals surface area contributed by atoms with Crippen LogP contribution in [0.25, 0.3) is 6.08 Å². The first-order valence-corrected chi connectivity index (χ1v) is 9.87. The minimum atomic E-state index is -0.552. The lowest BCUT2D eigenvalue weighted by Gasteiger charge is -2.12. The van der Waals surface area contributed by atoms with Crippen LogP contribution in [0.4, 0.5) is 11.4 Å². The van der Waals surface area contributed by atoms with E-state index in [2.05, 4.69) is 31.5 Å². The molecule has 0 aliphatic heterocycles. The number of carbonyl (C=O) groups is 2. The number of anilines is 2. The Morgan fingerprint density at radius 2 is 1.72 bits per heavy atom. The summed E-state index contributed by atoms with van der Waals surface area (Å²) in [4.78, 5) is 29.9. The minimum Gasteiger partial charge on any atom is -0.322 e. The van der Waals surface area contributed by atoms with Crippen LogP contribution in [0.15, 0.2) is 76.9 Å². The molecular weight excluding hydrogens is 454 g/mol. The maximum atomic E-state index is 13.0. The highest BCUT2D eigenvalue weighted by atomic mass is 79.9. The van der Waals surface area contributed by atoms with Crippen LogP contribution in [0.5, 0.6) is 0 Å². The van der Waals surface area contributed by atoms with Crippen LogP contribution in [-0.4, -0.2) is 16.8 Å². The molecule has 5 nitrogen and oxygen atoms in total. The fourth-order valence-corrected chi connectivity index (χ4v) is 3.22. The van der Waals surface area contributed by atoms with E-state index >= 15 is 0 Å². The lowest BCUT2D eigenvalue weighted by molar-refractivity contribution is -0.118. The number of amides is 2. The second-order valence-electron chi connectivity index (χ2n) is 6.17. The van der Waals surface area contributed by atoms with Gasteiger partial charge < -0.3 is 10.6 Å². The van der Waals surface area contributed by atoms with Crippen LogP contribution in [0.2, 0.25) is 5.15 Å². The number of hydrogen-bond acceptors (Lipinski definition) is 3. The van der Waals surface area contributed by atoms with E-state index in [4.69, 9.17) is 11.6 Å². The second-order valence-corrected chi connectivity index (χ2v) is 7.45. The maximum absolute atomic E-state index is 13.0. The van der Waals surface area contributed by atoms with Gasteiger partial charge in [-0.15, -0.1) is 0 Å². The number of halogens is 2. The zero-order valence-corrected chi connectivity index (χ0v) is 17.8. The van der Waals surface area contributed by atoms with Gasteiger partial charge in [-0.1, -0.05) is 51.8 Å². The van der Waals surface area contributed by atoms with Gasteiger partial charge in [-0.05, 0) is 55.0 Å². The number of carbonyl (C=O) groups excluding carboxylic acids is 2. The van der Waals surface area contributed by atoms with Gasteiger partial charge in [0.15, 0.2) is 0 Å². The van der Waals surface area contributed by atoms with Gasteiger partial charge in [-0.2, -0.15) is 0 Å². The predicted octanol–water partition coefficient (Wildman–Crippen LogP) is 5.47. The molecule has 7 heteroatoms. The van der Waals surface area contributed by atoms with Crippen molar-refractivity contribution >= 4 is 56.8 Å². The smallest absolute Gasteiger partial charge is 0.261 e. The molecule has 3 rings (SSSR count). The normalized spacial score (nSPS) is 11.1. The molecule has 1 heterocycles. The molecule has 2 N–H and O–H groups in total. The summed E-state index contributed by atoms with van der Waals surface area (Å²) in [5, 5.41) is 5.72. The molecule has 146 valence electrons. The van der Waals surface area contributed by atoms with Crippen molar-refractivity contribution in [2.24, 2.45) is 0 Å². The molecule has 2 amide bonds. The van der Waals surface area contributed by atoms with Gasteiger partial charge in [0.25, 0.3) is 11.8 Å². The van der Waals surface area contributed by atoms with Crippen molar-refractivity contribution in [2.75, 3.05) is 10.6 Å². The first kappa shape index (κ1) is 20.8. The molecule has 0 saturated carbocycles. The summed E-state index contributed by atoms with van der Waals surface area (Å²) in [5.41, 5.74) is 2.42. The first-order valence-electron chi connectivity index (χ1n) is 8.70. The Labute approximate surface area is 181 Å². The highest BCUT2D eigenvalue weighted by Crippen LogP contribution is 2.22. The van der Waals surface area contributed by atoms with Crippen molar-refractivity contribution in [1.29, 1.82) is 0 Å². The van der Waals surface area contributed by atoms with Crippen molar-refractivity contribution in [1.82, 2.24) is 4.98 Å². The number of aryl methyl sites for hydroxylation is 1. The zero-order chi connectivity index (χ0) is 20.8. The van der Waals surface area contributed by atoms with Crippen molar-refractivity contribution in [2.45, 2.75) is 6.92 Å². The summed E-state index contributed by atoms with van der Waals surface area (Å²) < 4.78 is 0.896. The summed E-state index contributed by atoms with van der Waals surface area (Å²) in [7, 11) is 0. The van der Waals surface area contributed by atoms with Gasteiger partial charge in [0.2, 0.25) is 0 Å². The Morgan fingerprint density at radius 1 is 1.00 bits per heavy atom. The van der Waals surface area contributed by atoms with E-state index in [9.17, 15) is 9.59 Å². The average molecular weight is 471 g/mol. The standard InChI is InChI=1S/C22H17BrClN3O2/c1-14-12-16(23)9-10-19(14)27-22(29)18(13-15-6-5-11-25-20(15)24)21(28)26-17-7-3-2-4-8-17/h2-13H,1H3,(H,26,28)(H,27,29)/b18-13+. The molecule has 0 spiro atoms. The Hall–Kier alpha value is -2.96. The molecule has 1 aromatic heterocycles. The topological polar surface area (TPSA) is 71.1 Å². The third-order valence-corrected chi connectivity index (χ3v) is 4.85. The van der Waals surface area contributed by atoms with Crippen molar-refractivity contribution < 1.29 is 9.59 Å². The van der Waals surface area contributed by atoms with Crippen LogP contribution in [-0.2, 0) is 9.59 Å². The summed E-state index contributed by atoms with van der Waals surface area (Å²) >= 11 is 9.51. The fraction of sp³-hybridized carbons (Fsp3) is 0.0455. The molecular formula is C22H17BrClN3O2. The maximum Gasteiger partial charge on any atom is 0.261 e. The number of benzene rings is 2. The second kappa shape index (κ2) is 9.49. The quantitative estimate of drug-likeness (QED) is 0.225. The lowest BCUT2D eigenvalue weighted by Crippen LogP contribution is -2.25. The molecule has 29 heavy (non-hydrogen) atoms. The number of nitrogens with zero attached hydrogens (tertiary/aromatic N) is 1. The van der Waals surface area contributed by atoms with E-state index in [0.29, 0.717) is 16.9 Å². The largest absolute Gasteiger partial charge is 0.322 e. The first-order chi connectivity index (χ1) is 13.9. The number of pyridine rings is 1.